The van der Waals surface area contributed by atoms with Crippen LogP contribution in [0.15, 0.2) is 83.8 Å². The molecule has 0 radical (unpaired) electrons. The van der Waals surface area contributed by atoms with Gasteiger partial charge < -0.3 is 0 Å². The third-order valence-corrected chi connectivity index (χ3v) is 7.17. The van der Waals surface area contributed by atoms with Crippen molar-refractivity contribution in [1.82, 2.24) is 19.2 Å². The summed E-state index contributed by atoms with van der Waals surface area (Å²) < 4.78 is 4.11. The first-order chi connectivity index (χ1) is 16.6. The zero-order chi connectivity index (χ0) is 23.2. The second kappa shape index (κ2) is 8.40. The number of halogens is 2. The van der Waals surface area contributed by atoms with E-state index >= 15 is 0 Å². The highest BCUT2D eigenvalue weighted by atomic mass is 35.5. The van der Waals surface area contributed by atoms with Crippen molar-refractivity contribution in [3.63, 3.8) is 0 Å². The lowest BCUT2D eigenvalue weighted by atomic mass is 10.1. The number of hydrogen-bond acceptors (Lipinski definition) is 4. The van der Waals surface area contributed by atoms with E-state index in [1.54, 1.807) is 10.5 Å². The van der Waals surface area contributed by atoms with Crippen LogP contribution in [0.3, 0.4) is 0 Å². The van der Waals surface area contributed by atoms with Gasteiger partial charge in [0, 0.05) is 27.4 Å². The number of para-hydroxylation sites is 2. The molecule has 0 unspecified atom stereocenters. The normalized spacial score (nSPS) is 12.2. The summed E-state index contributed by atoms with van der Waals surface area (Å²) in [6.45, 7) is 0.478. The maximum Gasteiger partial charge on any atom is 0.274 e. The SMILES string of the molecule is O=c1c(=Cc2cn(Cc3ccc(Cl)cc3Cl)nc2-c2ccccc2)sc2nc3ccccc3n12. The molecule has 0 bridgehead atoms. The highest BCUT2D eigenvalue weighted by Crippen LogP contribution is 2.26. The smallest absolute Gasteiger partial charge is 0.267 e. The van der Waals surface area contributed by atoms with Gasteiger partial charge in [0.25, 0.3) is 5.56 Å². The van der Waals surface area contributed by atoms with Gasteiger partial charge in [0.1, 0.15) is 0 Å². The Morgan fingerprint density at radius 1 is 0.971 bits per heavy atom. The highest BCUT2D eigenvalue weighted by Gasteiger charge is 2.14. The lowest BCUT2D eigenvalue weighted by Gasteiger charge is -2.05. The molecule has 3 aromatic carbocycles. The van der Waals surface area contributed by atoms with E-state index in [1.165, 1.54) is 11.3 Å². The summed E-state index contributed by atoms with van der Waals surface area (Å²) >= 11 is 13.8. The first-order valence-electron chi connectivity index (χ1n) is 10.6. The van der Waals surface area contributed by atoms with Crippen LogP contribution in [-0.2, 0) is 6.54 Å². The summed E-state index contributed by atoms with van der Waals surface area (Å²) in [7, 11) is 0. The fourth-order valence-corrected chi connectivity index (χ4v) is 5.47. The number of nitrogens with zero attached hydrogens (tertiary/aromatic N) is 4. The summed E-state index contributed by atoms with van der Waals surface area (Å²) in [5.41, 5.74) is 5.06. The molecule has 6 aromatic rings. The number of thiazole rings is 1. The maximum absolute atomic E-state index is 13.3. The molecule has 0 saturated heterocycles. The molecule has 0 spiro atoms. The summed E-state index contributed by atoms with van der Waals surface area (Å²) in [5.74, 6) is 0. The van der Waals surface area contributed by atoms with Crippen LogP contribution >= 0.6 is 34.5 Å². The van der Waals surface area contributed by atoms with Gasteiger partial charge in [-0.15, -0.1) is 0 Å². The van der Waals surface area contributed by atoms with Gasteiger partial charge in [0.15, 0.2) is 4.96 Å². The van der Waals surface area contributed by atoms with E-state index in [9.17, 15) is 4.79 Å². The second-order valence-electron chi connectivity index (χ2n) is 7.87. The largest absolute Gasteiger partial charge is 0.274 e. The Labute approximate surface area is 208 Å². The predicted octanol–water partition coefficient (Wildman–Crippen LogP) is 5.68. The molecule has 166 valence electrons. The Morgan fingerprint density at radius 3 is 2.59 bits per heavy atom. The third kappa shape index (κ3) is 3.70. The zero-order valence-electron chi connectivity index (χ0n) is 17.7. The van der Waals surface area contributed by atoms with Crippen LogP contribution in [0.25, 0.3) is 33.3 Å². The molecule has 8 heteroatoms. The number of imidazole rings is 1. The summed E-state index contributed by atoms with van der Waals surface area (Å²) in [4.78, 5) is 18.6. The molecule has 0 fully saturated rings. The first-order valence-corrected chi connectivity index (χ1v) is 12.1. The fourth-order valence-electron chi connectivity index (χ4n) is 4.02. The predicted molar refractivity (Wildman–Crippen MR) is 139 cm³/mol. The average Bonchev–Trinajstić information content (AvgIpc) is 3.49. The van der Waals surface area contributed by atoms with Crippen molar-refractivity contribution in [1.29, 1.82) is 0 Å². The van der Waals surface area contributed by atoms with E-state index in [-0.39, 0.29) is 5.56 Å². The van der Waals surface area contributed by atoms with Gasteiger partial charge in [-0.25, -0.2) is 9.38 Å². The second-order valence-corrected chi connectivity index (χ2v) is 9.72. The molecular weight excluding hydrogens is 487 g/mol. The molecule has 0 aliphatic rings. The Bertz CT molecular complexity index is 1790. The van der Waals surface area contributed by atoms with Gasteiger partial charge in [-0.1, -0.05) is 83.1 Å². The minimum absolute atomic E-state index is 0.0822. The molecule has 34 heavy (non-hydrogen) atoms. The van der Waals surface area contributed by atoms with Crippen LogP contribution in [0, 0.1) is 0 Å². The van der Waals surface area contributed by atoms with E-state index in [2.05, 4.69) is 4.98 Å². The van der Waals surface area contributed by atoms with Crippen molar-refractivity contribution in [2.75, 3.05) is 0 Å². The van der Waals surface area contributed by atoms with Crippen LogP contribution < -0.4 is 10.1 Å². The third-order valence-electron chi connectivity index (χ3n) is 5.62. The average molecular weight is 503 g/mol. The Kier molecular flexibility index (Phi) is 5.21. The molecule has 6 rings (SSSR count). The Balaban J connectivity index is 1.50. The van der Waals surface area contributed by atoms with Gasteiger partial charge in [-0.2, -0.15) is 5.10 Å². The number of aromatic nitrogens is 4. The molecule has 0 aliphatic carbocycles. The lowest BCUT2D eigenvalue weighted by molar-refractivity contribution is 0.689. The summed E-state index contributed by atoms with van der Waals surface area (Å²) in [6.07, 6.45) is 3.83. The van der Waals surface area contributed by atoms with Crippen molar-refractivity contribution in [2.45, 2.75) is 6.54 Å². The molecule has 0 saturated carbocycles. The van der Waals surface area contributed by atoms with Crippen LogP contribution in [-0.4, -0.2) is 19.2 Å². The quantitative estimate of drug-likeness (QED) is 0.311. The van der Waals surface area contributed by atoms with Crippen molar-refractivity contribution < 1.29 is 0 Å². The summed E-state index contributed by atoms with van der Waals surface area (Å²) in [5, 5.41) is 6.01. The lowest BCUT2D eigenvalue weighted by Crippen LogP contribution is -2.22. The van der Waals surface area contributed by atoms with Crippen LogP contribution in [0.1, 0.15) is 11.1 Å². The molecule has 5 nitrogen and oxygen atoms in total. The number of hydrogen-bond donors (Lipinski definition) is 0. The minimum Gasteiger partial charge on any atom is -0.267 e. The monoisotopic (exact) mass is 502 g/mol. The van der Waals surface area contributed by atoms with Gasteiger partial charge in [-0.05, 0) is 35.9 Å². The highest BCUT2D eigenvalue weighted by molar-refractivity contribution is 7.15. The number of fused-ring (bicyclic) bond motifs is 3. The van der Waals surface area contributed by atoms with Crippen molar-refractivity contribution in [3.05, 3.63) is 115 Å². The molecule has 0 aliphatic heterocycles. The Hall–Kier alpha value is -3.45. The molecule has 0 N–H and O–H groups in total. The van der Waals surface area contributed by atoms with Gasteiger partial charge in [0.2, 0.25) is 0 Å². The standard InChI is InChI=1S/C26H16Cl2N4OS/c27-19-11-10-17(20(28)13-19)14-31-15-18(24(30-31)16-6-2-1-3-7-16)12-23-25(33)32-22-9-5-4-8-21(22)29-26(32)34-23/h1-13,15H,14H2. The van der Waals surface area contributed by atoms with Crippen LogP contribution in [0.5, 0.6) is 0 Å². The summed E-state index contributed by atoms with van der Waals surface area (Å²) in [6, 6.07) is 23.0. The van der Waals surface area contributed by atoms with Crippen LogP contribution in [0.2, 0.25) is 10.0 Å². The van der Waals surface area contributed by atoms with Crippen molar-refractivity contribution >= 4 is 56.6 Å². The van der Waals surface area contributed by atoms with Gasteiger partial charge in [0.05, 0.1) is 27.8 Å². The fraction of sp³-hybridized carbons (Fsp3) is 0.0385. The van der Waals surface area contributed by atoms with E-state index < -0.39 is 0 Å². The van der Waals surface area contributed by atoms with Crippen molar-refractivity contribution in [3.8, 4) is 11.3 Å². The van der Waals surface area contributed by atoms with Gasteiger partial charge in [-0.3, -0.25) is 9.48 Å². The molecule has 3 heterocycles. The van der Waals surface area contributed by atoms with Gasteiger partial charge >= 0.3 is 0 Å². The van der Waals surface area contributed by atoms with Crippen molar-refractivity contribution in [2.24, 2.45) is 0 Å². The molecule has 0 amide bonds. The molecule has 0 atom stereocenters. The maximum atomic E-state index is 13.3. The Morgan fingerprint density at radius 2 is 1.76 bits per heavy atom. The van der Waals surface area contributed by atoms with Crippen LogP contribution in [0.4, 0.5) is 0 Å². The first kappa shape index (κ1) is 21.1. The van der Waals surface area contributed by atoms with E-state index in [4.69, 9.17) is 28.3 Å². The molecule has 3 aromatic heterocycles. The minimum atomic E-state index is -0.0822. The topological polar surface area (TPSA) is 52.2 Å². The zero-order valence-corrected chi connectivity index (χ0v) is 20.0. The molecular formula is C26H16Cl2N4OS. The van der Waals surface area contributed by atoms with E-state index in [0.717, 1.165) is 33.4 Å². The van der Waals surface area contributed by atoms with E-state index in [1.807, 2.05) is 83.7 Å². The number of benzene rings is 3. The van der Waals surface area contributed by atoms with E-state index in [0.29, 0.717) is 26.1 Å². The number of rotatable bonds is 4.